The Morgan fingerprint density at radius 1 is 1.14 bits per heavy atom. The highest BCUT2D eigenvalue weighted by molar-refractivity contribution is 7.10. The van der Waals surface area contributed by atoms with Gasteiger partial charge in [-0.25, -0.2) is 0 Å². The molecule has 4 heterocycles. The second-order valence-electron chi connectivity index (χ2n) is 6.88. The molecule has 4 aromatic rings. The van der Waals surface area contributed by atoms with Crippen molar-refractivity contribution >= 4 is 22.7 Å². The highest BCUT2D eigenvalue weighted by Gasteiger charge is 2.31. The monoisotopic (exact) mass is 423 g/mol. The molecule has 29 heavy (non-hydrogen) atoms. The minimum atomic E-state index is 0.246. The highest BCUT2D eigenvalue weighted by atomic mass is 32.1. The summed E-state index contributed by atoms with van der Waals surface area (Å²) < 4.78 is 11.4. The van der Waals surface area contributed by atoms with E-state index in [4.69, 9.17) is 9.26 Å². The fraction of sp³-hybridized carbons (Fsp3) is 0.273. The molecule has 0 bridgehead atoms. The number of benzene rings is 1. The summed E-state index contributed by atoms with van der Waals surface area (Å²) in [5.41, 5.74) is 2.27. The SMILES string of the molecule is CCOc1ccccc1-c1noc(CN2CCc3sccc3C2c2cccs2)n1. The van der Waals surface area contributed by atoms with Crippen LogP contribution in [0.1, 0.15) is 34.2 Å². The number of hydrogen-bond acceptors (Lipinski definition) is 7. The van der Waals surface area contributed by atoms with Crippen LogP contribution in [0.2, 0.25) is 0 Å². The molecule has 0 radical (unpaired) electrons. The first-order valence-electron chi connectivity index (χ1n) is 9.72. The van der Waals surface area contributed by atoms with Crippen LogP contribution in [0.4, 0.5) is 0 Å². The maximum Gasteiger partial charge on any atom is 0.241 e. The Balaban J connectivity index is 1.42. The molecule has 0 amide bonds. The number of para-hydroxylation sites is 1. The van der Waals surface area contributed by atoms with E-state index in [-0.39, 0.29) is 6.04 Å². The Hall–Kier alpha value is -2.48. The second kappa shape index (κ2) is 8.10. The number of hydrogen-bond donors (Lipinski definition) is 0. The van der Waals surface area contributed by atoms with Crippen LogP contribution in [0.5, 0.6) is 5.75 Å². The molecule has 0 fully saturated rings. The van der Waals surface area contributed by atoms with Crippen LogP contribution in [0.15, 0.2) is 57.7 Å². The van der Waals surface area contributed by atoms with Crippen molar-refractivity contribution in [1.82, 2.24) is 15.0 Å². The molecular formula is C22H21N3O2S2. The molecule has 5 nitrogen and oxygen atoms in total. The first-order chi connectivity index (χ1) is 14.3. The van der Waals surface area contributed by atoms with Gasteiger partial charge in [-0.1, -0.05) is 23.4 Å². The van der Waals surface area contributed by atoms with Gasteiger partial charge in [0.2, 0.25) is 11.7 Å². The molecule has 0 saturated heterocycles. The summed E-state index contributed by atoms with van der Waals surface area (Å²) in [5, 5.41) is 8.57. The summed E-state index contributed by atoms with van der Waals surface area (Å²) in [5.74, 6) is 1.98. The van der Waals surface area contributed by atoms with Gasteiger partial charge in [-0.15, -0.1) is 22.7 Å². The molecule has 0 N–H and O–H groups in total. The fourth-order valence-electron chi connectivity index (χ4n) is 3.85. The number of nitrogens with zero attached hydrogens (tertiary/aromatic N) is 3. The molecule has 0 aliphatic carbocycles. The first kappa shape index (κ1) is 18.5. The van der Waals surface area contributed by atoms with Crippen LogP contribution >= 0.6 is 22.7 Å². The Labute approximate surface area is 177 Å². The van der Waals surface area contributed by atoms with Crippen molar-refractivity contribution < 1.29 is 9.26 Å². The van der Waals surface area contributed by atoms with Crippen LogP contribution < -0.4 is 4.74 Å². The third-order valence-electron chi connectivity index (χ3n) is 5.11. The number of aromatic nitrogens is 2. The van der Waals surface area contributed by atoms with E-state index in [1.54, 1.807) is 11.3 Å². The number of rotatable bonds is 6. The third kappa shape index (κ3) is 3.61. The summed E-state index contributed by atoms with van der Waals surface area (Å²) in [6.45, 7) is 4.17. The third-order valence-corrected chi connectivity index (χ3v) is 7.03. The van der Waals surface area contributed by atoms with Crippen molar-refractivity contribution in [2.75, 3.05) is 13.2 Å². The normalized spacial score (nSPS) is 16.7. The zero-order chi connectivity index (χ0) is 19.6. The fourth-order valence-corrected chi connectivity index (χ4v) is 5.63. The molecule has 3 aromatic heterocycles. The van der Waals surface area contributed by atoms with Gasteiger partial charge in [-0.3, -0.25) is 4.90 Å². The van der Waals surface area contributed by atoms with Gasteiger partial charge < -0.3 is 9.26 Å². The van der Waals surface area contributed by atoms with Gasteiger partial charge in [-0.05, 0) is 53.9 Å². The summed E-state index contributed by atoms with van der Waals surface area (Å²) in [7, 11) is 0. The molecule has 1 aromatic carbocycles. The first-order valence-corrected chi connectivity index (χ1v) is 11.5. The topological polar surface area (TPSA) is 51.4 Å². The van der Waals surface area contributed by atoms with Gasteiger partial charge in [0.25, 0.3) is 0 Å². The van der Waals surface area contributed by atoms with E-state index in [2.05, 4.69) is 44.0 Å². The van der Waals surface area contributed by atoms with Crippen molar-refractivity contribution in [2.24, 2.45) is 0 Å². The molecule has 0 saturated carbocycles. The van der Waals surface area contributed by atoms with Gasteiger partial charge in [0.1, 0.15) is 5.75 Å². The largest absolute Gasteiger partial charge is 0.493 e. The van der Waals surface area contributed by atoms with Gasteiger partial charge >= 0.3 is 0 Å². The predicted octanol–water partition coefficient (Wildman–Crippen LogP) is 5.41. The van der Waals surface area contributed by atoms with Crippen LogP contribution in [-0.2, 0) is 13.0 Å². The smallest absolute Gasteiger partial charge is 0.241 e. The predicted molar refractivity (Wildman–Crippen MR) is 115 cm³/mol. The van der Waals surface area contributed by atoms with Gasteiger partial charge in [0.15, 0.2) is 0 Å². The van der Waals surface area contributed by atoms with Crippen molar-refractivity contribution in [1.29, 1.82) is 0 Å². The Bertz CT molecular complexity index is 1090. The van der Waals surface area contributed by atoms with Crippen LogP contribution in [0, 0.1) is 0 Å². The van der Waals surface area contributed by atoms with E-state index in [1.807, 2.05) is 42.5 Å². The van der Waals surface area contributed by atoms with Gasteiger partial charge in [-0.2, -0.15) is 4.98 Å². The van der Waals surface area contributed by atoms with Crippen molar-refractivity contribution in [3.05, 3.63) is 74.4 Å². The van der Waals surface area contributed by atoms with E-state index in [0.717, 1.165) is 24.3 Å². The number of fused-ring (bicyclic) bond motifs is 1. The maximum absolute atomic E-state index is 5.72. The summed E-state index contributed by atoms with van der Waals surface area (Å²) in [6.07, 6.45) is 1.06. The van der Waals surface area contributed by atoms with E-state index in [0.29, 0.717) is 24.9 Å². The zero-order valence-corrected chi connectivity index (χ0v) is 17.7. The van der Waals surface area contributed by atoms with Crippen molar-refractivity contribution in [3.63, 3.8) is 0 Å². The molecular weight excluding hydrogens is 402 g/mol. The number of ether oxygens (including phenoxy) is 1. The highest BCUT2D eigenvalue weighted by Crippen LogP contribution is 2.40. The van der Waals surface area contributed by atoms with Crippen LogP contribution in [-0.4, -0.2) is 28.2 Å². The minimum Gasteiger partial charge on any atom is -0.493 e. The Morgan fingerprint density at radius 3 is 2.93 bits per heavy atom. The van der Waals surface area contributed by atoms with E-state index in [1.165, 1.54) is 15.3 Å². The quantitative estimate of drug-likeness (QED) is 0.415. The lowest BCUT2D eigenvalue weighted by Gasteiger charge is -2.34. The van der Waals surface area contributed by atoms with Crippen molar-refractivity contribution in [2.45, 2.75) is 25.9 Å². The molecule has 0 spiro atoms. The van der Waals surface area contributed by atoms with E-state index >= 15 is 0 Å². The molecule has 7 heteroatoms. The standard InChI is InChI=1S/C22H21N3O2S2/c1-2-26-17-7-4-3-6-15(17)22-23-20(27-24-22)14-25-11-9-18-16(10-13-29-18)21(25)19-8-5-12-28-19/h3-8,10,12-13,21H,2,9,11,14H2,1H3. The van der Waals surface area contributed by atoms with Crippen molar-refractivity contribution in [3.8, 4) is 17.1 Å². The van der Waals surface area contributed by atoms with Crippen LogP contribution in [0.25, 0.3) is 11.4 Å². The molecule has 148 valence electrons. The lowest BCUT2D eigenvalue weighted by Crippen LogP contribution is -2.34. The second-order valence-corrected chi connectivity index (χ2v) is 8.86. The molecule has 1 aliphatic rings. The summed E-state index contributed by atoms with van der Waals surface area (Å²) in [6, 6.07) is 14.7. The molecule has 1 unspecified atom stereocenters. The molecule has 1 atom stereocenters. The lowest BCUT2D eigenvalue weighted by molar-refractivity contribution is 0.181. The average Bonchev–Trinajstić information content (AvgIpc) is 3.50. The average molecular weight is 424 g/mol. The van der Waals surface area contributed by atoms with Gasteiger partial charge in [0.05, 0.1) is 24.8 Å². The molecule has 5 rings (SSSR count). The molecule has 1 aliphatic heterocycles. The van der Waals surface area contributed by atoms with E-state index < -0.39 is 0 Å². The summed E-state index contributed by atoms with van der Waals surface area (Å²) >= 11 is 3.66. The minimum absolute atomic E-state index is 0.246. The maximum atomic E-state index is 5.72. The number of thiophene rings is 2. The zero-order valence-electron chi connectivity index (χ0n) is 16.1. The van der Waals surface area contributed by atoms with Gasteiger partial charge in [0, 0.05) is 16.3 Å². The lowest BCUT2D eigenvalue weighted by atomic mass is 9.98. The summed E-state index contributed by atoms with van der Waals surface area (Å²) in [4.78, 5) is 9.96. The van der Waals surface area contributed by atoms with Crippen LogP contribution in [0.3, 0.4) is 0 Å². The Kier molecular flexibility index (Phi) is 5.18. The Morgan fingerprint density at radius 2 is 2.07 bits per heavy atom. The van der Waals surface area contributed by atoms with E-state index in [9.17, 15) is 0 Å².